The highest BCUT2D eigenvalue weighted by Gasteiger charge is 2.43. The van der Waals surface area contributed by atoms with Crippen LogP contribution in [0.15, 0.2) is 40.8 Å². The molecule has 3 heterocycles. The highest BCUT2D eigenvalue weighted by atomic mass is 35.5. The van der Waals surface area contributed by atoms with E-state index in [1.54, 1.807) is 6.07 Å². The Morgan fingerprint density at radius 2 is 2.13 bits per heavy atom. The summed E-state index contributed by atoms with van der Waals surface area (Å²) in [6.45, 7) is 5.19. The zero-order chi connectivity index (χ0) is 21.3. The van der Waals surface area contributed by atoms with Crippen molar-refractivity contribution in [2.75, 3.05) is 11.4 Å². The minimum absolute atomic E-state index is 0.0244. The standard InChI is InChI=1S/C21H24ClN5O2S/c1-13(2)12-26-20(29)19-16(9-10-30-19)27-17(24-25-21(26)27)7-8-18(28)23-11-14-5-3-4-6-15(14)22/h3-6,9-10,13,21,25H,7-8,11-12H2,1-2H3,(H,23,28). The highest BCUT2D eigenvalue weighted by Crippen LogP contribution is 2.37. The second kappa shape index (κ2) is 8.65. The second-order valence-corrected chi connectivity index (χ2v) is 9.08. The van der Waals surface area contributed by atoms with Crippen LogP contribution in [-0.4, -0.2) is 35.4 Å². The predicted molar refractivity (Wildman–Crippen MR) is 120 cm³/mol. The van der Waals surface area contributed by atoms with Gasteiger partial charge in [-0.3, -0.25) is 24.8 Å². The summed E-state index contributed by atoms with van der Waals surface area (Å²) < 4.78 is 0. The molecular formula is C21H24ClN5O2S. The fourth-order valence-corrected chi connectivity index (χ4v) is 4.70. The first-order valence-electron chi connectivity index (χ1n) is 9.95. The van der Waals surface area contributed by atoms with Crippen LogP contribution in [0.1, 0.15) is 41.9 Å². The van der Waals surface area contributed by atoms with E-state index < -0.39 is 0 Å². The minimum atomic E-state index is -0.344. The molecule has 0 bridgehead atoms. The molecule has 0 saturated heterocycles. The van der Waals surface area contributed by atoms with E-state index in [9.17, 15) is 9.59 Å². The van der Waals surface area contributed by atoms with Gasteiger partial charge in [-0.1, -0.05) is 43.6 Å². The molecule has 2 aromatic rings. The molecule has 1 unspecified atom stereocenters. The number of fused-ring (bicyclic) bond motifs is 3. The zero-order valence-corrected chi connectivity index (χ0v) is 18.5. The third-order valence-corrected chi connectivity index (χ3v) is 6.32. The van der Waals surface area contributed by atoms with Gasteiger partial charge in [-0.15, -0.1) is 11.3 Å². The lowest BCUT2D eigenvalue weighted by Gasteiger charge is -2.40. The van der Waals surface area contributed by atoms with Crippen molar-refractivity contribution in [2.45, 2.75) is 39.5 Å². The van der Waals surface area contributed by atoms with E-state index in [1.165, 1.54) is 11.3 Å². The highest BCUT2D eigenvalue weighted by molar-refractivity contribution is 7.12. The predicted octanol–water partition coefficient (Wildman–Crippen LogP) is 3.62. The number of hydrogen-bond acceptors (Lipinski definition) is 6. The third kappa shape index (κ3) is 4.02. The third-order valence-electron chi connectivity index (χ3n) is 5.06. The van der Waals surface area contributed by atoms with Crippen molar-refractivity contribution >= 4 is 46.3 Å². The zero-order valence-electron chi connectivity index (χ0n) is 16.9. The lowest BCUT2D eigenvalue weighted by Crippen LogP contribution is -2.59. The number of thiophene rings is 1. The normalized spacial score (nSPS) is 17.5. The Morgan fingerprint density at radius 1 is 1.33 bits per heavy atom. The van der Waals surface area contributed by atoms with Gasteiger partial charge in [0, 0.05) is 31.0 Å². The molecule has 0 saturated carbocycles. The van der Waals surface area contributed by atoms with E-state index in [2.05, 4.69) is 29.7 Å². The number of rotatable bonds is 7. The average Bonchev–Trinajstić information content (AvgIpc) is 3.35. The molecule has 1 aromatic carbocycles. The Balaban J connectivity index is 1.41. The number of nitrogens with one attached hydrogen (secondary N) is 2. The number of amidine groups is 1. The fourth-order valence-electron chi connectivity index (χ4n) is 3.66. The van der Waals surface area contributed by atoms with Crippen molar-refractivity contribution in [3.63, 3.8) is 0 Å². The number of hydrazone groups is 1. The molecule has 4 rings (SSSR count). The first-order chi connectivity index (χ1) is 14.5. The fraction of sp³-hybridized carbons (Fsp3) is 0.381. The summed E-state index contributed by atoms with van der Waals surface area (Å²) in [5.41, 5.74) is 4.83. The molecule has 30 heavy (non-hydrogen) atoms. The monoisotopic (exact) mass is 445 g/mol. The molecule has 7 nitrogen and oxygen atoms in total. The molecule has 0 spiro atoms. The van der Waals surface area contributed by atoms with Crippen LogP contribution in [0.25, 0.3) is 0 Å². The number of hydrogen-bond donors (Lipinski definition) is 2. The Morgan fingerprint density at radius 3 is 2.90 bits per heavy atom. The van der Waals surface area contributed by atoms with Crippen molar-refractivity contribution in [2.24, 2.45) is 11.0 Å². The molecule has 0 aliphatic carbocycles. The SMILES string of the molecule is CC(C)CN1C(=O)c2sccc2N2C(CCC(=O)NCc3ccccc3Cl)=NNC12. The van der Waals surface area contributed by atoms with E-state index in [4.69, 9.17) is 11.6 Å². The van der Waals surface area contributed by atoms with Crippen molar-refractivity contribution < 1.29 is 9.59 Å². The molecular weight excluding hydrogens is 422 g/mol. The number of nitrogens with zero attached hydrogens (tertiary/aromatic N) is 3. The molecule has 2 N–H and O–H groups in total. The topological polar surface area (TPSA) is 77.0 Å². The molecule has 2 aliphatic rings. The van der Waals surface area contributed by atoms with Crippen LogP contribution in [0.3, 0.4) is 0 Å². The van der Waals surface area contributed by atoms with Crippen LogP contribution in [0, 0.1) is 5.92 Å². The van der Waals surface area contributed by atoms with E-state index in [1.807, 2.05) is 39.4 Å². The van der Waals surface area contributed by atoms with Crippen LogP contribution >= 0.6 is 22.9 Å². The number of anilines is 1. The van der Waals surface area contributed by atoms with E-state index >= 15 is 0 Å². The summed E-state index contributed by atoms with van der Waals surface area (Å²) in [6, 6.07) is 9.40. The van der Waals surface area contributed by atoms with Crippen LogP contribution < -0.4 is 15.6 Å². The van der Waals surface area contributed by atoms with Crippen molar-refractivity contribution in [1.29, 1.82) is 0 Å². The first-order valence-corrected chi connectivity index (χ1v) is 11.2. The van der Waals surface area contributed by atoms with Gasteiger partial charge in [-0.05, 0) is 29.0 Å². The minimum Gasteiger partial charge on any atom is -0.352 e. The molecule has 1 aromatic heterocycles. The van der Waals surface area contributed by atoms with Gasteiger partial charge >= 0.3 is 0 Å². The molecule has 0 radical (unpaired) electrons. The molecule has 0 fully saturated rings. The Kier molecular flexibility index (Phi) is 5.97. The second-order valence-electron chi connectivity index (χ2n) is 7.76. The Hall–Kier alpha value is -2.58. The smallest absolute Gasteiger partial charge is 0.269 e. The van der Waals surface area contributed by atoms with Crippen molar-refractivity contribution in [3.05, 3.63) is 51.2 Å². The summed E-state index contributed by atoms with van der Waals surface area (Å²) in [5.74, 6) is 1.04. The molecule has 2 aliphatic heterocycles. The number of amides is 2. The van der Waals surface area contributed by atoms with Crippen LogP contribution in [0.5, 0.6) is 0 Å². The van der Waals surface area contributed by atoms with Crippen molar-refractivity contribution in [3.8, 4) is 0 Å². The van der Waals surface area contributed by atoms with Gasteiger partial charge in [-0.2, -0.15) is 5.10 Å². The molecule has 158 valence electrons. The van der Waals surface area contributed by atoms with Crippen LogP contribution in [-0.2, 0) is 11.3 Å². The number of benzene rings is 1. The maximum absolute atomic E-state index is 12.9. The lowest BCUT2D eigenvalue weighted by molar-refractivity contribution is -0.121. The van der Waals surface area contributed by atoms with Gasteiger partial charge in [-0.25, -0.2) is 0 Å². The quantitative estimate of drug-likeness (QED) is 0.682. The van der Waals surface area contributed by atoms with E-state index in [0.717, 1.165) is 17.1 Å². The molecule has 1 atom stereocenters. The van der Waals surface area contributed by atoms with Crippen molar-refractivity contribution in [1.82, 2.24) is 15.6 Å². The van der Waals surface area contributed by atoms with Gasteiger partial charge in [0.1, 0.15) is 10.7 Å². The first kappa shape index (κ1) is 20.7. The van der Waals surface area contributed by atoms with Gasteiger partial charge in [0.05, 0.1) is 5.69 Å². The molecule has 9 heteroatoms. The largest absolute Gasteiger partial charge is 0.352 e. The Labute approximate surface area is 184 Å². The number of carbonyl (C=O) groups excluding carboxylic acids is 2. The number of halogens is 1. The van der Waals surface area contributed by atoms with E-state index in [0.29, 0.717) is 41.7 Å². The van der Waals surface area contributed by atoms with Gasteiger partial charge in [0.2, 0.25) is 12.2 Å². The van der Waals surface area contributed by atoms with Gasteiger partial charge in [0.15, 0.2) is 0 Å². The van der Waals surface area contributed by atoms with Crippen LogP contribution in [0.4, 0.5) is 5.69 Å². The summed E-state index contributed by atoms with van der Waals surface area (Å²) in [7, 11) is 0. The Bertz CT molecular complexity index is 989. The lowest BCUT2D eigenvalue weighted by atomic mass is 10.1. The summed E-state index contributed by atoms with van der Waals surface area (Å²) in [6.07, 6.45) is 0.422. The summed E-state index contributed by atoms with van der Waals surface area (Å²) in [4.78, 5) is 29.9. The maximum atomic E-state index is 12.9. The summed E-state index contributed by atoms with van der Waals surface area (Å²) >= 11 is 7.59. The van der Waals surface area contributed by atoms with Gasteiger partial charge in [0.25, 0.3) is 5.91 Å². The number of carbonyl (C=O) groups is 2. The van der Waals surface area contributed by atoms with E-state index in [-0.39, 0.29) is 18.1 Å². The van der Waals surface area contributed by atoms with Crippen LogP contribution in [0.2, 0.25) is 5.02 Å². The summed E-state index contributed by atoms with van der Waals surface area (Å²) in [5, 5.41) is 9.93. The maximum Gasteiger partial charge on any atom is 0.269 e. The van der Waals surface area contributed by atoms with Gasteiger partial charge < -0.3 is 5.32 Å². The molecule has 2 amide bonds. The average molecular weight is 446 g/mol.